The molecule has 0 unspecified atom stereocenters. The van der Waals surface area contributed by atoms with Crippen molar-refractivity contribution in [3.63, 3.8) is 0 Å². The Hall–Kier alpha value is -3.99. The van der Waals surface area contributed by atoms with Crippen LogP contribution in [0.1, 0.15) is 51.2 Å². The summed E-state index contributed by atoms with van der Waals surface area (Å²) in [5.74, 6) is 2.21. The SMILES string of the molecule is CC(C)c1ncc(-c2ccc(-c3ccc4c(ccc5c4ccc4[nH]c(C(C)C)nc45)c3)cc2F)[nH]1. The van der Waals surface area contributed by atoms with E-state index in [0.29, 0.717) is 17.2 Å². The van der Waals surface area contributed by atoms with Crippen LogP contribution < -0.4 is 0 Å². The van der Waals surface area contributed by atoms with Crippen LogP contribution in [-0.2, 0) is 0 Å². The lowest BCUT2D eigenvalue weighted by atomic mass is 9.96. The minimum Gasteiger partial charge on any atom is -0.342 e. The second kappa shape index (κ2) is 8.05. The molecule has 6 aromatic rings. The molecule has 5 heteroatoms. The predicted octanol–water partition coefficient (Wildman–Crippen LogP) is 8.31. The van der Waals surface area contributed by atoms with E-state index in [1.54, 1.807) is 12.3 Å². The molecule has 0 bridgehead atoms. The Balaban J connectivity index is 1.41. The first-order valence-electron chi connectivity index (χ1n) is 12.1. The van der Waals surface area contributed by atoms with Crippen LogP contribution in [0.2, 0.25) is 0 Å². The lowest BCUT2D eigenvalue weighted by Crippen LogP contribution is -1.91. The lowest BCUT2D eigenvalue weighted by molar-refractivity contribution is 0.631. The number of aromatic nitrogens is 4. The van der Waals surface area contributed by atoms with Crippen LogP contribution >= 0.6 is 0 Å². The number of imidazole rings is 2. The van der Waals surface area contributed by atoms with Gasteiger partial charge in [-0.2, -0.15) is 0 Å². The summed E-state index contributed by atoms with van der Waals surface area (Å²) in [6.45, 7) is 8.41. The number of nitrogens with one attached hydrogen (secondary N) is 2. The molecular weight excluding hydrogens is 435 g/mol. The van der Waals surface area contributed by atoms with Gasteiger partial charge in [0.2, 0.25) is 0 Å². The summed E-state index contributed by atoms with van der Waals surface area (Å²) in [6, 6.07) is 20.3. The molecule has 0 fully saturated rings. The van der Waals surface area contributed by atoms with Crippen LogP contribution in [0.4, 0.5) is 4.39 Å². The normalized spacial score (nSPS) is 12.1. The predicted molar refractivity (Wildman–Crippen MR) is 142 cm³/mol. The minimum absolute atomic E-state index is 0.262. The Bertz CT molecular complexity index is 1720. The van der Waals surface area contributed by atoms with Gasteiger partial charge in [0.05, 0.1) is 22.9 Å². The third kappa shape index (κ3) is 3.59. The van der Waals surface area contributed by atoms with Crippen LogP contribution in [0.25, 0.3) is 55.0 Å². The first-order valence-corrected chi connectivity index (χ1v) is 12.1. The fraction of sp³-hybridized carbons (Fsp3) is 0.200. The van der Waals surface area contributed by atoms with Crippen LogP contribution in [0.5, 0.6) is 0 Å². The van der Waals surface area contributed by atoms with Gasteiger partial charge < -0.3 is 9.97 Å². The zero-order valence-corrected chi connectivity index (χ0v) is 20.3. The molecule has 0 amide bonds. The molecule has 6 rings (SSSR count). The van der Waals surface area contributed by atoms with Crippen molar-refractivity contribution < 1.29 is 4.39 Å². The molecule has 0 aliphatic rings. The summed E-state index contributed by atoms with van der Waals surface area (Å²) in [5.41, 5.74) is 5.13. The second-order valence-corrected chi connectivity index (χ2v) is 9.87. The average Bonchev–Trinajstić information content (AvgIpc) is 3.51. The molecule has 0 radical (unpaired) electrons. The van der Waals surface area contributed by atoms with Crippen molar-refractivity contribution in [1.82, 2.24) is 19.9 Å². The number of hydrogen-bond donors (Lipinski definition) is 2. The maximum Gasteiger partial charge on any atom is 0.133 e. The number of H-pyrrole nitrogens is 2. The molecule has 4 nitrogen and oxygen atoms in total. The molecular formula is C30H27FN4. The minimum atomic E-state index is -0.262. The van der Waals surface area contributed by atoms with E-state index in [2.05, 4.69) is 85.1 Å². The van der Waals surface area contributed by atoms with Crippen molar-refractivity contribution in [2.45, 2.75) is 39.5 Å². The van der Waals surface area contributed by atoms with Crippen molar-refractivity contribution in [3.05, 3.63) is 84.3 Å². The average molecular weight is 463 g/mol. The Morgan fingerprint density at radius 1 is 0.714 bits per heavy atom. The number of halogens is 1. The van der Waals surface area contributed by atoms with E-state index in [4.69, 9.17) is 4.98 Å². The molecule has 2 heterocycles. The molecule has 2 aromatic heterocycles. The van der Waals surface area contributed by atoms with Crippen molar-refractivity contribution >= 4 is 32.6 Å². The molecule has 35 heavy (non-hydrogen) atoms. The molecule has 0 atom stereocenters. The molecule has 2 N–H and O–H groups in total. The number of aromatic amines is 2. The van der Waals surface area contributed by atoms with Gasteiger partial charge in [0.25, 0.3) is 0 Å². The summed E-state index contributed by atoms with van der Waals surface area (Å²) in [4.78, 5) is 15.9. The van der Waals surface area contributed by atoms with Crippen LogP contribution in [0.3, 0.4) is 0 Å². The molecule has 0 saturated heterocycles. The fourth-order valence-electron chi connectivity index (χ4n) is 4.77. The Kier molecular flexibility index (Phi) is 4.95. The molecule has 0 saturated carbocycles. The van der Waals surface area contributed by atoms with E-state index in [1.165, 1.54) is 5.39 Å². The van der Waals surface area contributed by atoms with Crippen molar-refractivity contribution in [2.24, 2.45) is 0 Å². The summed E-state index contributed by atoms with van der Waals surface area (Å²) in [6.07, 6.45) is 1.70. The lowest BCUT2D eigenvalue weighted by Gasteiger charge is -2.09. The van der Waals surface area contributed by atoms with Gasteiger partial charge in [-0.25, -0.2) is 14.4 Å². The zero-order chi connectivity index (χ0) is 24.3. The number of hydrogen-bond acceptors (Lipinski definition) is 2. The highest BCUT2D eigenvalue weighted by Crippen LogP contribution is 2.34. The highest BCUT2D eigenvalue weighted by molar-refractivity contribution is 6.16. The summed E-state index contributed by atoms with van der Waals surface area (Å²) in [7, 11) is 0. The summed E-state index contributed by atoms with van der Waals surface area (Å²) >= 11 is 0. The van der Waals surface area contributed by atoms with Crippen molar-refractivity contribution in [2.75, 3.05) is 0 Å². The summed E-state index contributed by atoms with van der Waals surface area (Å²) in [5, 5.41) is 4.60. The summed E-state index contributed by atoms with van der Waals surface area (Å²) < 4.78 is 15.1. The van der Waals surface area contributed by atoms with E-state index < -0.39 is 0 Å². The molecule has 4 aromatic carbocycles. The zero-order valence-electron chi connectivity index (χ0n) is 20.3. The third-order valence-corrected chi connectivity index (χ3v) is 6.77. The second-order valence-electron chi connectivity index (χ2n) is 9.87. The van der Waals surface area contributed by atoms with Gasteiger partial charge in [-0.05, 0) is 51.6 Å². The Morgan fingerprint density at radius 3 is 2.17 bits per heavy atom. The first-order chi connectivity index (χ1) is 16.9. The van der Waals surface area contributed by atoms with Gasteiger partial charge in [0.15, 0.2) is 0 Å². The number of fused-ring (bicyclic) bond motifs is 5. The fourth-order valence-corrected chi connectivity index (χ4v) is 4.77. The van der Waals surface area contributed by atoms with Gasteiger partial charge in [-0.1, -0.05) is 64.1 Å². The van der Waals surface area contributed by atoms with E-state index in [0.717, 1.165) is 50.0 Å². The molecule has 0 spiro atoms. The van der Waals surface area contributed by atoms with Crippen LogP contribution in [0.15, 0.2) is 66.9 Å². The molecule has 0 aliphatic heterocycles. The number of rotatable bonds is 4. The van der Waals surface area contributed by atoms with Gasteiger partial charge in [0.1, 0.15) is 17.5 Å². The van der Waals surface area contributed by atoms with Gasteiger partial charge in [-0.3, -0.25) is 0 Å². The largest absolute Gasteiger partial charge is 0.342 e. The first kappa shape index (κ1) is 21.5. The molecule has 0 aliphatic carbocycles. The molecule has 174 valence electrons. The van der Waals surface area contributed by atoms with Gasteiger partial charge in [-0.15, -0.1) is 0 Å². The van der Waals surface area contributed by atoms with E-state index in [-0.39, 0.29) is 11.7 Å². The Morgan fingerprint density at radius 2 is 1.43 bits per heavy atom. The maximum atomic E-state index is 15.1. The van der Waals surface area contributed by atoms with Crippen molar-refractivity contribution in [1.29, 1.82) is 0 Å². The van der Waals surface area contributed by atoms with Gasteiger partial charge >= 0.3 is 0 Å². The van der Waals surface area contributed by atoms with Crippen LogP contribution in [-0.4, -0.2) is 19.9 Å². The smallest absolute Gasteiger partial charge is 0.133 e. The van der Waals surface area contributed by atoms with E-state index >= 15 is 4.39 Å². The quantitative estimate of drug-likeness (QED) is 0.259. The standard InChI is InChI=1S/C30H27FN4/c1-16(2)29-32-15-27(34-29)24-10-6-19(14-25(24)31)18-5-8-21-20(13-18)7-9-23-22(21)11-12-26-28(23)35-30(33-26)17(3)4/h5-17H,1-4H3,(H,32,34)(H,33,35). The van der Waals surface area contributed by atoms with Gasteiger partial charge in [0, 0.05) is 22.8 Å². The number of nitrogens with zero attached hydrogens (tertiary/aromatic N) is 2. The van der Waals surface area contributed by atoms with Crippen LogP contribution in [0, 0.1) is 5.82 Å². The van der Waals surface area contributed by atoms with E-state index in [9.17, 15) is 0 Å². The Labute approximate surface area is 203 Å². The maximum absolute atomic E-state index is 15.1. The number of benzene rings is 4. The monoisotopic (exact) mass is 462 g/mol. The third-order valence-electron chi connectivity index (χ3n) is 6.77. The topological polar surface area (TPSA) is 57.4 Å². The van der Waals surface area contributed by atoms with E-state index in [1.807, 2.05) is 12.1 Å². The highest BCUT2D eigenvalue weighted by atomic mass is 19.1. The highest BCUT2D eigenvalue weighted by Gasteiger charge is 2.14. The van der Waals surface area contributed by atoms with Crippen molar-refractivity contribution in [3.8, 4) is 22.4 Å².